The first-order valence-corrected chi connectivity index (χ1v) is 10.1. The van der Waals surface area contributed by atoms with Crippen molar-refractivity contribution in [3.05, 3.63) is 95.7 Å². The van der Waals surface area contributed by atoms with Crippen LogP contribution in [0, 0.1) is 0 Å². The van der Waals surface area contributed by atoms with Crippen molar-refractivity contribution in [1.82, 2.24) is 9.88 Å². The zero-order valence-corrected chi connectivity index (χ0v) is 17.0. The first kappa shape index (κ1) is 18.9. The molecule has 2 amide bonds. The predicted molar refractivity (Wildman–Crippen MR) is 120 cm³/mol. The lowest BCUT2D eigenvalue weighted by atomic mass is 10.1. The number of hydrogen-bond acceptors (Lipinski definition) is 3. The molecule has 4 aromatic rings. The topological polar surface area (TPSA) is 67.5 Å². The van der Waals surface area contributed by atoms with Gasteiger partial charge in [-0.3, -0.25) is 9.59 Å². The number of hydrogen-bond donors (Lipinski definition) is 1. The van der Waals surface area contributed by atoms with Crippen molar-refractivity contribution in [1.29, 1.82) is 0 Å². The predicted octanol–water partition coefficient (Wildman–Crippen LogP) is 4.13. The van der Waals surface area contributed by atoms with Gasteiger partial charge in [0, 0.05) is 41.9 Å². The molecule has 0 aliphatic carbocycles. The molecule has 0 saturated carbocycles. The highest BCUT2D eigenvalue weighted by atomic mass is 16.3. The van der Waals surface area contributed by atoms with Crippen LogP contribution in [0.25, 0.3) is 17.0 Å². The fraction of sp³-hybridized carbons (Fsp3) is 0.120. The van der Waals surface area contributed by atoms with E-state index in [4.69, 9.17) is 4.42 Å². The minimum Gasteiger partial charge on any atom is -0.459 e. The molecular formula is C25H21N3O3. The van der Waals surface area contributed by atoms with Gasteiger partial charge in [0.1, 0.15) is 5.70 Å². The number of rotatable bonds is 4. The van der Waals surface area contributed by atoms with Crippen LogP contribution in [0.1, 0.15) is 21.7 Å². The number of amides is 2. The van der Waals surface area contributed by atoms with Gasteiger partial charge in [0.2, 0.25) is 0 Å². The molecule has 0 fully saturated rings. The molecule has 2 aromatic heterocycles. The van der Waals surface area contributed by atoms with Crippen molar-refractivity contribution in [2.75, 3.05) is 11.4 Å². The molecule has 0 atom stereocenters. The Balaban J connectivity index is 1.57. The van der Waals surface area contributed by atoms with Crippen LogP contribution in [-0.4, -0.2) is 22.9 Å². The molecule has 0 radical (unpaired) electrons. The van der Waals surface area contributed by atoms with Crippen molar-refractivity contribution in [2.24, 2.45) is 7.05 Å². The van der Waals surface area contributed by atoms with Crippen LogP contribution in [0.4, 0.5) is 5.69 Å². The van der Waals surface area contributed by atoms with E-state index in [1.54, 1.807) is 23.1 Å². The van der Waals surface area contributed by atoms with E-state index in [2.05, 4.69) is 5.32 Å². The minimum atomic E-state index is -0.461. The maximum Gasteiger partial charge on any atom is 0.291 e. The molecule has 3 heterocycles. The van der Waals surface area contributed by atoms with E-state index in [0.717, 1.165) is 34.1 Å². The monoisotopic (exact) mass is 411 g/mol. The van der Waals surface area contributed by atoms with Crippen molar-refractivity contribution >= 4 is 34.5 Å². The van der Waals surface area contributed by atoms with Gasteiger partial charge in [-0.15, -0.1) is 0 Å². The molecule has 6 nitrogen and oxygen atoms in total. The van der Waals surface area contributed by atoms with Gasteiger partial charge < -0.3 is 19.2 Å². The number of aryl methyl sites for hydroxylation is 1. The second kappa shape index (κ2) is 7.65. The fourth-order valence-corrected chi connectivity index (χ4v) is 4.08. The minimum absolute atomic E-state index is 0.151. The van der Waals surface area contributed by atoms with Crippen LogP contribution in [0.3, 0.4) is 0 Å². The number of carbonyl (C=O) groups is 2. The average Bonchev–Trinajstić information content (AvgIpc) is 3.53. The maximum absolute atomic E-state index is 13.6. The number of nitrogens with one attached hydrogen (secondary N) is 1. The van der Waals surface area contributed by atoms with Gasteiger partial charge >= 0.3 is 0 Å². The lowest BCUT2D eigenvalue weighted by molar-refractivity contribution is -0.115. The molecule has 154 valence electrons. The number of nitrogens with zero attached hydrogens (tertiary/aromatic N) is 2. The van der Waals surface area contributed by atoms with E-state index in [1.165, 1.54) is 6.26 Å². The molecule has 1 aliphatic rings. The quantitative estimate of drug-likeness (QED) is 0.514. The number of benzene rings is 2. The highest BCUT2D eigenvalue weighted by molar-refractivity contribution is 6.13. The smallest absolute Gasteiger partial charge is 0.291 e. The van der Waals surface area contributed by atoms with E-state index in [1.807, 2.05) is 66.3 Å². The van der Waals surface area contributed by atoms with Gasteiger partial charge in [-0.05, 0) is 42.3 Å². The molecule has 6 heteroatoms. The molecule has 0 bridgehead atoms. The summed E-state index contributed by atoms with van der Waals surface area (Å²) < 4.78 is 7.22. The van der Waals surface area contributed by atoms with Gasteiger partial charge in [-0.25, -0.2) is 0 Å². The summed E-state index contributed by atoms with van der Waals surface area (Å²) in [5, 5.41) is 3.78. The van der Waals surface area contributed by atoms with Crippen molar-refractivity contribution < 1.29 is 14.0 Å². The standard InChI is InChI=1S/C25H21N3O3/c1-27-16-18(19-8-3-5-10-22(19)27)15-20(26-24(29)23-11-6-14-31-23)25(30)28-13-12-17-7-2-4-9-21(17)28/h2-11,14-16H,12-13H2,1H3,(H,26,29). The van der Waals surface area contributed by atoms with Crippen molar-refractivity contribution in [2.45, 2.75) is 6.42 Å². The summed E-state index contributed by atoms with van der Waals surface area (Å²) >= 11 is 0. The summed E-state index contributed by atoms with van der Waals surface area (Å²) in [6.07, 6.45) is 5.92. The van der Waals surface area contributed by atoms with E-state index < -0.39 is 5.91 Å². The van der Waals surface area contributed by atoms with Crippen LogP contribution in [-0.2, 0) is 18.3 Å². The first-order valence-electron chi connectivity index (χ1n) is 10.1. The van der Waals surface area contributed by atoms with Crippen molar-refractivity contribution in [3.8, 4) is 0 Å². The second-order valence-electron chi connectivity index (χ2n) is 7.54. The van der Waals surface area contributed by atoms with Gasteiger partial charge in [0.15, 0.2) is 5.76 Å². The highest BCUT2D eigenvalue weighted by Crippen LogP contribution is 2.29. The Labute approximate surface area is 179 Å². The Kier molecular flexibility index (Phi) is 4.67. The first-order chi connectivity index (χ1) is 15.1. The van der Waals surface area contributed by atoms with E-state index >= 15 is 0 Å². The number of furan rings is 1. The van der Waals surface area contributed by atoms with Crippen LogP contribution in [0.5, 0.6) is 0 Å². The third-order valence-electron chi connectivity index (χ3n) is 5.58. The summed E-state index contributed by atoms with van der Waals surface area (Å²) in [7, 11) is 1.96. The van der Waals surface area contributed by atoms with E-state index in [9.17, 15) is 9.59 Å². The maximum atomic E-state index is 13.6. The Morgan fingerprint density at radius 2 is 1.84 bits per heavy atom. The lowest BCUT2D eigenvalue weighted by Gasteiger charge is -2.19. The molecular weight excluding hydrogens is 390 g/mol. The fourth-order valence-electron chi connectivity index (χ4n) is 4.08. The summed E-state index contributed by atoms with van der Waals surface area (Å²) in [6, 6.07) is 19.0. The molecule has 31 heavy (non-hydrogen) atoms. The van der Waals surface area contributed by atoms with Crippen LogP contribution in [0.2, 0.25) is 0 Å². The molecule has 1 aliphatic heterocycles. The van der Waals surface area contributed by atoms with Gasteiger partial charge in [0.05, 0.1) is 6.26 Å². The average molecular weight is 411 g/mol. The third kappa shape index (κ3) is 3.42. The molecule has 0 saturated heterocycles. The van der Waals surface area contributed by atoms with E-state index in [0.29, 0.717) is 6.54 Å². The second-order valence-corrected chi connectivity index (χ2v) is 7.54. The number of fused-ring (bicyclic) bond motifs is 2. The van der Waals surface area contributed by atoms with Gasteiger partial charge in [0.25, 0.3) is 11.8 Å². The molecule has 0 spiro atoms. The number of anilines is 1. The third-order valence-corrected chi connectivity index (χ3v) is 5.58. The Hall–Kier alpha value is -4.06. The zero-order valence-electron chi connectivity index (χ0n) is 17.0. The van der Waals surface area contributed by atoms with Gasteiger partial charge in [-0.2, -0.15) is 0 Å². The normalized spacial score (nSPS) is 13.5. The summed E-state index contributed by atoms with van der Waals surface area (Å²) in [5.74, 6) is -0.562. The Morgan fingerprint density at radius 1 is 1.03 bits per heavy atom. The number of carbonyl (C=O) groups excluding carboxylic acids is 2. The molecule has 0 unspecified atom stereocenters. The zero-order chi connectivity index (χ0) is 21.4. The van der Waals surface area contributed by atoms with E-state index in [-0.39, 0.29) is 17.4 Å². The summed E-state index contributed by atoms with van der Waals surface area (Å²) in [5.41, 5.74) is 4.11. The highest BCUT2D eigenvalue weighted by Gasteiger charge is 2.28. The number of aromatic nitrogens is 1. The SMILES string of the molecule is Cn1cc(C=C(NC(=O)c2ccco2)C(=O)N2CCc3ccccc32)c2ccccc21. The van der Waals surface area contributed by atoms with Crippen molar-refractivity contribution in [3.63, 3.8) is 0 Å². The lowest BCUT2D eigenvalue weighted by Crippen LogP contribution is -2.37. The van der Waals surface area contributed by atoms with Crippen LogP contribution < -0.4 is 10.2 Å². The Bertz CT molecular complexity index is 1320. The van der Waals surface area contributed by atoms with Gasteiger partial charge in [-0.1, -0.05) is 36.4 Å². The van der Waals surface area contributed by atoms with Crippen LogP contribution >= 0.6 is 0 Å². The molecule has 5 rings (SSSR count). The Morgan fingerprint density at radius 3 is 2.68 bits per heavy atom. The summed E-state index contributed by atoms with van der Waals surface area (Å²) in [6.45, 7) is 0.571. The molecule has 2 aromatic carbocycles. The molecule has 1 N–H and O–H groups in total. The number of para-hydroxylation sites is 2. The van der Waals surface area contributed by atoms with Crippen LogP contribution in [0.15, 0.2) is 83.2 Å². The largest absolute Gasteiger partial charge is 0.459 e. The summed E-state index contributed by atoms with van der Waals surface area (Å²) in [4.78, 5) is 28.0.